The van der Waals surface area contributed by atoms with Gasteiger partial charge in [0, 0.05) is 23.6 Å². The maximum atomic E-state index is 11.1. The van der Waals surface area contributed by atoms with E-state index in [0.717, 1.165) is 18.1 Å². The predicted octanol–water partition coefficient (Wildman–Crippen LogP) is 5.11. The van der Waals surface area contributed by atoms with Crippen molar-refractivity contribution in [1.82, 2.24) is 4.90 Å². The molecule has 2 aliphatic rings. The average molecular weight is 333 g/mol. The molecule has 1 N–H and O–H groups in total. The van der Waals surface area contributed by atoms with E-state index < -0.39 is 6.09 Å². The number of hydrogen-bond acceptors (Lipinski definition) is 2. The molecule has 3 rings (SSSR count). The standard InChI is InChI=1S/C19H27NO2S/c1-14-11-18(12-20(14)19(21)22)23-13-15-7-9-17(10-8-15)16-5-3-2-4-6-16/h7-10,14,16,18H,2-6,11-13H2,1H3,(H,21,22)/t14?,18-/m0/s1. The number of hydrogen-bond donors (Lipinski definition) is 1. The first-order chi connectivity index (χ1) is 11.1. The molecule has 2 fully saturated rings. The summed E-state index contributed by atoms with van der Waals surface area (Å²) < 4.78 is 0. The van der Waals surface area contributed by atoms with Crippen LogP contribution in [0.5, 0.6) is 0 Å². The van der Waals surface area contributed by atoms with Crippen molar-refractivity contribution in [3.05, 3.63) is 35.4 Å². The summed E-state index contributed by atoms with van der Waals surface area (Å²) in [6.07, 6.45) is 7.04. The van der Waals surface area contributed by atoms with Gasteiger partial charge in [0.15, 0.2) is 0 Å². The lowest BCUT2D eigenvalue weighted by atomic mass is 9.84. The summed E-state index contributed by atoms with van der Waals surface area (Å²) >= 11 is 1.90. The smallest absolute Gasteiger partial charge is 0.407 e. The summed E-state index contributed by atoms with van der Waals surface area (Å²) in [5, 5.41) is 9.59. The van der Waals surface area contributed by atoms with Crippen LogP contribution in [0, 0.1) is 0 Å². The first-order valence-electron chi connectivity index (χ1n) is 8.83. The Balaban J connectivity index is 1.50. The molecule has 1 aromatic carbocycles. The lowest BCUT2D eigenvalue weighted by molar-refractivity contribution is 0.143. The van der Waals surface area contributed by atoms with E-state index in [4.69, 9.17) is 5.11 Å². The average Bonchev–Trinajstić information content (AvgIpc) is 2.95. The molecule has 3 nitrogen and oxygen atoms in total. The number of amides is 1. The first-order valence-corrected chi connectivity index (χ1v) is 9.88. The van der Waals surface area contributed by atoms with E-state index in [1.165, 1.54) is 43.2 Å². The number of carbonyl (C=O) groups is 1. The summed E-state index contributed by atoms with van der Waals surface area (Å²) in [7, 11) is 0. The highest BCUT2D eigenvalue weighted by molar-refractivity contribution is 7.99. The fourth-order valence-electron chi connectivity index (χ4n) is 3.90. The van der Waals surface area contributed by atoms with Crippen LogP contribution in [0.3, 0.4) is 0 Å². The van der Waals surface area contributed by atoms with Gasteiger partial charge in [0.2, 0.25) is 0 Å². The summed E-state index contributed by atoms with van der Waals surface area (Å²) in [4.78, 5) is 12.7. The molecular formula is C19H27NO2S. The topological polar surface area (TPSA) is 40.5 Å². The van der Waals surface area contributed by atoms with E-state index in [2.05, 4.69) is 24.3 Å². The first kappa shape index (κ1) is 16.7. The fraction of sp³-hybridized carbons (Fsp3) is 0.632. The normalized spacial score (nSPS) is 25.7. The SMILES string of the molecule is CC1C[C@H](SCc2ccc(C3CCCCC3)cc2)CN1C(=O)O. The van der Waals surface area contributed by atoms with E-state index in [-0.39, 0.29) is 6.04 Å². The maximum Gasteiger partial charge on any atom is 0.407 e. The van der Waals surface area contributed by atoms with Crippen LogP contribution in [0.15, 0.2) is 24.3 Å². The van der Waals surface area contributed by atoms with E-state index in [0.29, 0.717) is 11.8 Å². The van der Waals surface area contributed by atoms with Crippen molar-refractivity contribution in [3.8, 4) is 0 Å². The summed E-state index contributed by atoms with van der Waals surface area (Å²) in [6, 6.07) is 9.31. The summed E-state index contributed by atoms with van der Waals surface area (Å²) in [6.45, 7) is 2.68. The highest BCUT2D eigenvalue weighted by atomic mass is 32.2. The molecule has 1 saturated heterocycles. The van der Waals surface area contributed by atoms with Crippen LogP contribution < -0.4 is 0 Å². The molecule has 1 aromatic rings. The van der Waals surface area contributed by atoms with E-state index >= 15 is 0 Å². The Morgan fingerprint density at radius 2 is 1.91 bits per heavy atom. The quantitative estimate of drug-likeness (QED) is 0.832. The molecule has 4 heteroatoms. The lowest BCUT2D eigenvalue weighted by Gasteiger charge is -2.22. The minimum atomic E-state index is -0.780. The van der Waals surface area contributed by atoms with Gasteiger partial charge in [-0.15, -0.1) is 0 Å². The van der Waals surface area contributed by atoms with Gasteiger partial charge in [-0.25, -0.2) is 4.79 Å². The number of nitrogens with zero attached hydrogens (tertiary/aromatic N) is 1. The Bertz CT molecular complexity index is 525. The Morgan fingerprint density at radius 1 is 1.22 bits per heavy atom. The molecule has 0 bridgehead atoms. The van der Waals surface area contributed by atoms with Gasteiger partial charge in [0.1, 0.15) is 0 Å². The van der Waals surface area contributed by atoms with Gasteiger partial charge >= 0.3 is 6.09 Å². The van der Waals surface area contributed by atoms with Crippen LogP contribution in [0.25, 0.3) is 0 Å². The zero-order chi connectivity index (χ0) is 16.2. The van der Waals surface area contributed by atoms with E-state index in [1.807, 2.05) is 18.7 Å². The van der Waals surface area contributed by atoms with Crippen LogP contribution in [-0.2, 0) is 5.75 Å². The van der Waals surface area contributed by atoms with Gasteiger partial charge in [-0.1, -0.05) is 43.5 Å². The molecule has 1 saturated carbocycles. The van der Waals surface area contributed by atoms with Crippen molar-refractivity contribution in [2.45, 2.75) is 68.4 Å². The number of rotatable bonds is 4. The molecular weight excluding hydrogens is 306 g/mol. The molecule has 2 atom stereocenters. The number of carboxylic acid groups (broad SMARTS) is 1. The molecule has 0 aromatic heterocycles. The zero-order valence-corrected chi connectivity index (χ0v) is 14.7. The largest absolute Gasteiger partial charge is 0.465 e. The van der Waals surface area contributed by atoms with Gasteiger partial charge in [0.05, 0.1) is 0 Å². The monoisotopic (exact) mass is 333 g/mol. The van der Waals surface area contributed by atoms with E-state index in [1.54, 1.807) is 4.90 Å². The minimum absolute atomic E-state index is 0.152. The van der Waals surface area contributed by atoms with Gasteiger partial charge in [-0.05, 0) is 43.2 Å². The molecule has 0 spiro atoms. The number of benzene rings is 1. The van der Waals surface area contributed by atoms with Crippen LogP contribution in [0.2, 0.25) is 0 Å². The molecule has 1 amide bonds. The van der Waals surface area contributed by atoms with Crippen molar-refractivity contribution in [3.63, 3.8) is 0 Å². The van der Waals surface area contributed by atoms with Gasteiger partial charge < -0.3 is 10.0 Å². The van der Waals surface area contributed by atoms with E-state index in [9.17, 15) is 4.79 Å². The van der Waals surface area contributed by atoms with Crippen molar-refractivity contribution < 1.29 is 9.90 Å². The van der Waals surface area contributed by atoms with Gasteiger partial charge in [-0.3, -0.25) is 0 Å². The molecule has 1 unspecified atom stereocenters. The molecule has 1 heterocycles. The Kier molecular flexibility index (Phi) is 5.52. The third kappa shape index (κ3) is 4.23. The third-order valence-electron chi connectivity index (χ3n) is 5.32. The van der Waals surface area contributed by atoms with Crippen LogP contribution in [-0.4, -0.2) is 33.9 Å². The second kappa shape index (κ2) is 7.61. The lowest BCUT2D eigenvalue weighted by Crippen LogP contribution is -2.32. The predicted molar refractivity (Wildman–Crippen MR) is 96.2 cm³/mol. The van der Waals surface area contributed by atoms with Gasteiger partial charge in [0.25, 0.3) is 0 Å². The number of thioether (sulfide) groups is 1. The van der Waals surface area contributed by atoms with Crippen molar-refractivity contribution in [2.24, 2.45) is 0 Å². The summed E-state index contributed by atoms with van der Waals surface area (Å²) in [5.41, 5.74) is 2.86. The van der Waals surface area contributed by atoms with Crippen molar-refractivity contribution in [2.75, 3.05) is 6.54 Å². The van der Waals surface area contributed by atoms with Crippen LogP contribution in [0.4, 0.5) is 4.79 Å². The molecule has 126 valence electrons. The molecule has 1 aliphatic heterocycles. The summed E-state index contributed by atoms with van der Waals surface area (Å²) in [5.74, 6) is 1.75. The highest BCUT2D eigenvalue weighted by Gasteiger charge is 2.32. The van der Waals surface area contributed by atoms with Crippen LogP contribution in [0.1, 0.15) is 62.5 Å². The third-order valence-corrected chi connectivity index (χ3v) is 6.64. The zero-order valence-electron chi connectivity index (χ0n) is 13.9. The fourth-order valence-corrected chi connectivity index (χ4v) is 5.21. The van der Waals surface area contributed by atoms with Crippen LogP contribution >= 0.6 is 11.8 Å². The molecule has 1 aliphatic carbocycles. The Labute approximate surface area is 143 Å². The van der Waals surface area contributed by atoms with Crippen molar-refractivity contribution in [1.29, 1.82) is 0 Å². The van der Waals surface area contributed by atoms with Gasteiger partial charge in [-0.2, -0.15) is 11.8 Å². The number of likely N-dealkylation sites (tertiary alicyclic amines) is 1. The molecule has 0 radical (unpaired) electrons. The van der Waals surface area contributed by atoms with Crippen molar-refractivity contribution >= 4 is 17.9 Å². The maximum absolute atomic E-state index is 11.1. The minimum Gasteiger partial charge on any atom is -0.465 e. The second-order valence-electron chi connectivity index (χ2n) is 7.03. The highest BCUT2D eigenvalue weighted by Crippen LogP contribution is 2.33. The Morgan fingerprint density at radius 3 is 2.52 bits per heavy atom. The molecule has 23 heavy (non-hydrogen) atoms. The second-order valence-corrected chi connectivity index (χ2v) is 8.32. The Hall–Kier alpha value is -1.16.